The number of rotatable bonds is 6. The third-order valence-electron chi connectivity index (χ3n) is 1.70. The van der Waals surface area contributed by atoms with Crippen molar-refractivity contribution < 1.29 is 13.5 Å². The maximum absolute atomic E-state index is 12.5. The van der Waals surface area contributed by atoms with Crippen LogP contribution in [0.15, 0.2) is 0 Å². The number of nitrogens with one attached hydrogen (secondary N) is 1. The Kier molecular flexibility index (Phi) is 5.33. The second-order valence-electron chi connectivity index (χ2n) is 3.08. The van der Waals surface area contributed by atoms with Gasteiger partial charge in [0.2, 0.25) is 0 Å². The molecule has 0 fully saturated rings. The summed E-state index contributed by atoms with van der Waals surface area (Å²) in [6, 6.07) is 0. The summed E-state index contributed by atoms with van der Waals surface area (Å²) >= 11 is 0. The molecule has 1 atom stereocenters. The number of ether oxygens (including phenoxy) is 1. The molecule has 12 heavy (non-hydrogen) atoms. The number of hydrogen-bond acceptors (Lipinski definition) is 2. The highest BCUT2D eigenvalue weighted by atomic mass is 19.3. The molecule has 0 aromatic heterocycles. The Morgan fingerprint density at radius 2 is 2.08 bits per heavy atom. The smallest absolute Gasteiger partial charge is 0.258 e. The van der Waals surface area contributed by atoms with Crippen molar-refractivity contribution in [2.75, 3.05) is 20.3 Å². The molecule has 0 saturated carbocycles. The topological polar surface area (TPSA) is 21.3 Å². The maximum Gasteiger partial charge on any atom is 0.258 e. The predicted octanol–water partition coefficient (Wildman–Crippen LogP) is 1.66. The lowest BCUT2D eigenvalue weighted by Crippen LogP contribution is -2.52. The molecule has 0 spiro atoms. The first-order chi connectivity index (χ1) is 5.56. The highest BCUT2D eigenvalue weighted by Crippen LogP contribution is 2.15. The molecule has 0 aliphatic heterocycles. The van der Waals surface area contributed by atoms with Crippen LogP contribution in [0.2, 0.25) is 0 Å². The summed E-state index contributed by atoms with van der Waals surface area (Å²) in [6.45, 7) is 4.03. The minimum Gasteiger partial charge on any atom is -0.383 e. The molecular formula is C8H17F2NO. The Balaban J connectivity index is 3.99. The van der Waals surface area contributed by atoms with E-state index in [2.05, 4.69) is 5.32 Å². The molecule has 0 aromatic carbocycles. The van der Waals surface area contributed by atoms with Gasteiger partial charge in [0.05, 0.1) is 6.61 Å². The largest absolute Gasteiger partial charge is 0.383 e. The molecular weight excluding hydrogens is 164 g/mol. The van der Waals surface area contributed by atoms with Crippen molar-refractivity contribution in [3.63, 3.8) is 0 Å². The van der Waals surface area contributed by atoms with Gasteiger partial charge in [-0.3, -0.25) is 0 Å². The van der Waals surface area contributed by atoms with E-state index in [1.165, 1.54) is 14.0 Å². The molecule has 0 aliphatic rings. The predicted molar refractivity (Wildman–Crippen MR) is 44.6 cm³/mol. The van der Waals surface area contributed by atoms with Crippen LogP contribution in [0.25, 0.3) is 0 Å². The van der Waals surface area contributed by atoms with Crippen LogP contribution >= 0.6 is 0 Å². The standard InChI is InChI=1S/C8H17F2NO/c1-4-5-11-8(2,6-12-3)7(9)10/h7,11H,4-6H2,1-3H3. The second-order valence-corrected chi connectivity index (χ2v) is 3.08. The first-order valence-corrected chi connectivity index (χ1v) is 4.09. The van der Waals surface area contributed by atoms with Crippen molar-refractivity contribution in [2.24, 2.45) is 0 Å². The van der Waals surface area contributed by atoms with Crippen LogP contribution in [-0.4, -0.2) is 32.2 Å². The first-order valence-electron chi connectivity index (χ1n) is 4.09. The molecule has 2 nitrogen and oxygen atoms in total. The third-order valence-corrected chi connectivity index (χ3v) is 1.70. The van der Waals surface area contributed by atoms with Gasteiger partial charge in [0.25, 0.3) is 6.43 Å². The van der Waals surface area contributed by atoms with Crippen LogP contribution in [0.5, 0.6) is 0 Å². The quantitative estimate of drug-likeness (QED) is 0.672. The fraction of sp³-hybridized carbons (Fsp3) is 1.00. The van der Waals surface area contributed by atoms with E-state index in [1.54, 1.807) is 0 Å². The van der Waals surface area contributed by atoms with Crippen LogP contribution < -0.4 is 5.32 Å². The van der Waals surface area contributed by atoms with Gasteiger partial charge in [-0.2, -0.15) is 0 Å². The van der Waals surface area contributed by atoms with E-state index in [9.17, 15) is 8.78 Å². The summed E-state index contributed by atoms with van der Waals surface area (Å²) in [6.07, 6.45) is -1.56. The van der Waals surface area contributed by atoms with Gasteiger partial charge < -0.3 is 10.1 Å². The summed E-state index contributed by atoms with van der Waals surface area (Å²) < 4.78 is 29.6. The fourth-order valence-electron chi connectivity index (χ4n) is 0.902. The van der Waals surface area contributed by atoms with E-state index < -0.39 is 12.0 Å². The van der Waals surface area contributed by atoms with Crippen LogP contribution in [0.4, 0.5) is 8.78 Å². The van der Waals surface area contributed by atoms with Gasteiger partial charge in [0.15, 0.2) is 0 Å². The SMILES string of the molecule is CCCNC(C)(COC)C(F)F. The van der Waals surface area contributed by atoms with E-state index in [4.69, 9.17) is 4.74 Å². The van der Waals surface area contributed by atoms with Crippen LogP contribution in [-0.2, 0) is 4.74 Å². The molecule has 1 unspecified atom stereocenters. The lowest BCUT2D eigenvalue weighted by molar-refractivity contribution is -0.00801. The molecule has 4 heteroatoms. The van der Waals surface area contributed by atoms with Gasteiger partial charge in [-0.1, -0.05) is 6.92 Å². The zero-order valence-electron chi connectivity index (χ0n) is 7.86. The number of hydrogen-bond donors (Lipinski definition) is 1. The number of alkyl halides is 2. The Morgan fingerprint density at radius 1 is 1.50 bits per heavy atom. The van der Waals surface area contributed by atoms with Crippen molar-refractivity contribution in [3.8, 4) is 0 Å². The molecule has 0 amide bonds. The zero-order chi connectivity index (χ0) is 9.61. The van der Waals surface area contributed by atoms with Crippen molar-refractivity contribution in [2.45, 2.75) is 32.2 Å². The third kappa shape index (κ3) is 3.45. The van der Waals surface area contributed by atoms with Crippen molar-refractivity contribution in [3.05, 3.63) is 0 Å². The minimum atomic E-state index is -2.40. The minimum absolute atomic E-state index is 0.0324. The lowest BCUT2D eigenvalue weighted by Gasteiger charge is -2.29. The molecule has 0 radical (unpaired) electrons. The van der Waals surface area contributed by atoms with E-state index in [0.29, 0.717) is 6.54 Å². The first kappa shape index (κ1) is 11.8. The molecule has 0 aromatic rings. The van der Waals surface area contributed by atoms with Crippen molar-refractivity contribution in [1.29, 1.82) is 0 Å². The van der Waals surface area contributed by atoms with Crippen molar-refractivity contribution >= 4 is 0 Å². The Morgan fingerprint density at radius 3 is 2.42 bits per heavy atom. The van der Waals surface area contributed by atoms with Gasteiger partial charge in [-0.15, -0.1) is 0 Å². The summed E-state index contributed by atoms with van der Waals surface area (Å²) in [5.41, 5.74) is -1.20. The van der Waals surface area contributed by atoms with Crippen LogP contribution in [0.3, 0.4) is 0 Å². The molecule has 74 valence electrons. The van der Waals surface area contributed by atoms with Gasteiger partial charge in [-0.25, -0.2) is 8.78 Å². The zero-order valence-corrected chi connectivity index (χ0v) is 7.86. The number of methoxy groups -OCH3 is 1. The highest BCUT2D eigenvalue weighted by Gasteiger charge is 2.33. The van der Waals surface area contributed by atoms with Gasteiger partial charge in [0.1, 0.15) is 5.54 Å². The second kappa shape index (κ2) is 5.43. The molecule has 0 heterocycles. The molecule has 1 N–H and O–H groups in total. The van der Waals surface area contributed by atoms with Gasteiger partial charge in [0, 0.05) is 7.11 Å². The van der Waals surface area contributed by atoms with E-state index >= 15 is 0 Å². The average Bonchev–Trinajstić information content (AvgIpc) is 2.01. The normalized spacial score (nSPS) is 16.5. The average molecular weight is 181 g/mol. The summed E-state index contributed by atoms with van der Waals surface area (Å²) in [7, 11) is 1.42. The van der Waals surface area contributed by atoms with Gasteiger partial charge in [-0.05, 0) is 19.9 Å². The maximum atomic E-state index is 12.5. The Hall–Kier alpha value is -0.220. The Labute approximate surface area is 72.3 Å². The van der Waals surface area contributed by atoms with E-state index in [-0.39, 0.29) is 6.61 Å². The molecule has 0 aliphatic carbocycles. The lowest BCUT2D eigenvalue weighted by atomic mass is 10.1. The van der Waals surface area contributed by atoms with E-state index in [0.717, 1.165) is 6.42 Å². The van der Waals surface area contributed by atoms with E-state index in [1.807, 2.05) is 6.92 Å². The summed E-state index contributed by atoms with van der Waals surface area (Å²) in [5.74, 6) is 0. The Bertz CT molecular complexity index is 122. The monoisotopic (exact) mass is 181 g/mol. The number of halogens is 2. The highest BCUT2D eigenvalue weighted by molar-refractivity contribution is 4.85. The van der Waals surface area contributed by atoms with Gasteiger partial charge >= 0.3 is 0 Å². The summed E-state index contributed by atoms with van der Waals surface area (Å²) in [5, 5.41) is 2.77. The fourth-order valence-corrected chi connectivity index (χ4v) is 0.902. The molecule has 0 saturated heterocycles. The van der Waals surface area contributed by atoms with Crippen molar-refractivity contribution in [1.82, 2.24) is 5.32 Å². The molecule has 0 bridgehead atoms. The van der Waals surface area contributed by atoms with Crippen LogP contribution in [0, 0.1) is 0 Å². The van der Waals surface area contributed by atoms with Crippen LogP contribution in [0.1, 0.15) is 20.3 Å². The molecule has 0 rings (SSSR count). The summed E-state index contributed by atoms with van der Waals surface area (Å²) in [4.78, 5) is 0.